The Hall–Kier alpha value is -2.94. The molecule has 2 heterocycles. The molecule has 2 aromatic carbocycles. The zero-order valence-corrected chi connectivity index (χ0v) is 19.0. The molecule has 0 saturated carbocycles. The fourth-order valence-corrected chi connectivity index (χ4v) is 4.12. The molecule has 0 aliphatic carbocycles. The quantitative estimate of drug-likeness (QED) is 0.343. The van der Waals surface area contributed by atoms with Gasteiger partial charge in [-0.15, -0.1) is 10.2 Å². The van der Waals surface area contributed by atoms with E-state index < -0.39 is 5.25 Å². The van der Waals surface area contributed by atoms with Gasteiger partial charge in [-0.1, -0.05) is 41.0 Å². The Morgan fingerprint density at radius 1 is 1.06 bits per heavy atom. The highest BCUT2D eigenvalue weighted by Gasteiger charge is 2.22. The summed E-state index contributed by atoms with van der Waals surface area (Å²) in [5, 5.41) is 11.9. The lowest BCUT2D eigenvalue weighted by atomic mass is 10.2. The van der Waals surface area contributed by atoms with E-state index in [0.717, 1.165) is 5.56 Å². The first-order chi connectivity index (χ1) is 15.4. The minimum absolute atomic E-state index is 0.272. The third-order valence-electron chi connectivity index (χ3n) is 4.52. The normalized spacial score (nSPS) is 11.9. The molecule has 0 spiro atoms. The Morgan fingerprint density at radius 2 is 1.78 bits per heavy atom. The number of halogens is 3. The first-order valence-electron chi connectivity index (χ1n) is 9.47. The summed E-state index contributed by atoms with van der Waals surface area (Å²) in [4.78, 5) is 16.8. The van der Waals surface area contributed by atoms with Crippen molar-refractivity contribution in [1.29, 1.82) is 0 Å². The molecule has 0 saturated heterocycles. The van der Waals surface area contributed by atoms with Crippen LogP contribution >= 0.6 is 35.0 Å². The number of carbonyl (C=O) groups is 1. The molecule has 0 aliphatic rings. The zero-order chi connectivity index (χ0) is 22.7. The van der Waals surface area contributed by atoms with E-state index >= 15 is 0 Å². The largest absolute Gasteiger partial charge is 0.324 e. The molecule has 32 heavy (non-hydrogen) atoms. The first-order valence-corrected chi connectivity index (χ1v) is 11.1. The second-order valence-corrected chi connectivity index (χ2v) is 8.80. The van der Waals surface area contributed by atoms with Gasteiger partial charge in [-0.05, 0) is 55.5 Å². The molecule has 1 unspecified atom stereocenters. The number of hydrogen-bond donors (Lipinski definition) is 1. The Balaban J connectivity index is 1.64. The summed E-state index contributed by atoms with van der Waals surface area (Å²) in [7, 11) is 0. The standard InChI is InChI=1S/C22H16Cl2FN5OS/c1-13(21(31)27-18-4-2-3-17(23)19(18)24)32-22-29-28-20(14-9-11-26-12-10-14)30(22)16-7-5-15(25)6-8-16/h2-13H,1H3,(H,27,31). The van der Waals surface area contributed by atoms with E-state index in [4.69, 9.17) is 23.2 Å². The van der Waals surface area contributed by atoms with Crippen LogP contribution in [0.3, 0.4) is 0 Å². The van der Waals surface area contributed by atoms with Crippen LogP contribution in [0, 0.1) is 5.82 Å². The van der Waals surface area contributed by atoms with E-state index in [1.165, 1.54) is 23.9 Å². The monoisotopic (exact) mass is 487 g/mol. The van der Waals surface area contributed by atoms with Gasteiger partial charge in [0.2, 0.25) is 5.91 Å². The Morgan fingerprint density at radius 3 is 2.50 bits per heavy atom. The van der Waals surface area contributed by atoms with Crippen LogP contribution < -0.4 is 5.32 Å². The number of thioether (sulfide) groups is 1. The van der Waals surface area contributed by atoms with Crippen LogP contribution in [0.4, 0.5) is 10.1 Å². The van der Waals surface area contributed by atoms with Crippen molar-refractivity contribution in [3.05, 3.63) is 82.9 Å². The molecular formula is C22H16Cl2FN5OS. The lowest BCUT2D eigenvalue weighted by molar-refractivity contribution is -0.115. The van der Waals surface area contributed by atoms with E-state index in [9.17, 15) is 9.18 Å². The molecule has 10 heteroatoms. The maximum absolute atomic E-state index is 13.5. The minimum atomic E-state index is -0.543. The zero-order valence-electron chi connectivity index (χ0n) is 16.7. The number of pyridine rings is 1. The molecule has 0 fully saturated rings. The number of carbonyl (C=O) groups excluding carboxylic acids is 1. The third kappa shape index (κ3) is 4.77. The van der Waals surface area contributed by atoms with Gasteiger partial charge in [0.15, 0.2) is 11.0 Å². The van der Waals surface area contributed by atoms with Crippen LogP contribution in [-0.4, -0.2) is 30.9 Å². The average molecular weight is 488 g/mol. The molecule has 1 amide bonds. The van der Waals surface area contributed by atoms with Crippen molar-refractivity contribution in [2.75, 3.05) is 5.32 Å². The van der Waals surface area contributed by atoms with Crippen molar-refractivity contribution >= 4 is 46.6 Å². The van der Waals surface area contributed by atoms with Crippen LogP contribution in [0.1, 0.15) is 6.92 Å². The molecule has 1 N–H and O–H groups in total. The summed E-state index contributed by atoms with van der Waals surface area (Å²) in [5.41, 5.74) is 1.87. The summed E-state index contributed by atoms with van der Waals surface area (Å²) in [6.45, 7) is 1.74. The van der Waals surface area contributed by atoms with Gasteiger partial charge in [0.25, 0.3) is 0 Å². The maximum Gasteiger partial charge on any atom is 0.237 e. The molecule has 4 rings (SSSR count). The second-order valence-electron chi connectivity index (χ2n) is 6.70. The number of anilines is 1. The van der Waals surface area contributed by atoms with Crippen LogP contribution in [0.25, 0.3) is 17.1 Å². The third-order valence-corrected chi connectivity index (χ3v) is 6.38. The van der Waals surface area contributed by atoms with E-state index in [1.807, 2.05) is 0 Å². The summed E-state index contributed by atoms with van der Waals surface area (Å²) in [6, 6.07) is 14.6. The van der Waals surface area contributed by atoms with Gasteiger partial charge in [0.1, 0.15) is 5.82 Å². The maximum atomic E-state index is 13.5. The molecule has 4 aromatic rings. The van der Waals surface area contributed by atoms with E-state index in [1.54, 1.807) is 66.3 Å². The van der Waals surface area contributed by atoms with E-state index in [0.29, 0.717) is 27.4 Å². The lowest BCUT2D eigenvalue weighted by Crippen LogP contribution is -2.23. The highest BCUT2D eigenvalue weighted by Crippen LogP contribution is 2.32. The van der Waals surface area contributed by atoms with Gasteiger partial charge >= 0.3 is 0 Å². The number of nitrogens with one attached hydrogen (secondary N) is 1. The van der Waals surface area contributed by atoms with Crippen LogP contribution in [0.2, 0.25) is 10.0 Å². The fraction of sp³-hybridized carbons (Fsp3) is 0.0909. The topological polar surface area (TPSA) is 72.7 Å². The Kier molecular flexibility index (Phi) is 6.74. The van der Waals surface area contributed by atoms with Gasteiger partial charge in [-0.3, -0.25) is 14.3 Å². The first kappa shape index (κ1) is 22.3. The molecular weight excluding hydrogens is 472 g/mol. The van der Waals surface area contributed by atoms with Crippen molar-refractivity contribution in [3.63, 3.8) is 0 Å². The molecule has 2 aromatic heterocycles. The SMILES string of the molecule is CC(Sc1nnc(-c2ccncc2)n1-c1ccc(F)cc1)C(=O)Nc1cccc(Cl)c1Cl. The highest BCUT2D eigenvalue weighted by molar-refractivity contribution is 8.00. The van der Waals surface area contributed by atoms with Crippen molar-refractivity contribution in [1.82, 2.24) is 19.7 Å². The van der Waals surface area contributed by atoms with Gasteiger partial charge in [-0.25, -0.2) is 4.39 Å². The lowest BCUT2D eigenvalue weighted by Gasteiger charge is -2.15. The number of rotatable bonds is 6. The van der Waals surface area contributed by atoms with Crippen molar-refractivity contribution < 1.29 is 9.18 Å². The Bertz CT molecular complexity index is 1250. The smallest absolute Gasteiger partial charge is 0.237 e. The van der Waals surface area contributed by atoms with E-state index in [-0.39, 0.29) is 16.7 Å². The predicted molar refractivity (Wildman–Crippen MR) is 125 cm³/mol. The highest BCUT2D eigenvalue weighted by atomic mass is 35.5. The van der Waals surface area contributed by atoms with Gasteiger partial charge < -0.3 is 5.32 Å². The molecule has 0 aliphatic heterocycles. The molecule has 6 nitrogen and oxygen atoms in total. The van der Waals surface area contributed by atoms with Gasteiger partial charge in [-0.2, -0.15) is 0 Å². The van der Waals surface area contributed by atoms with Crippen molar-refractivity contribution in [2.45, 2.75) is 17.3 Å². The summed E-state index contributed by atoms with van der Waals surface area (Å²) < 4.78 is 15.3. The van der Waals surface area contributed by atoms with Gasteiger partial charge in [0.05, 0.1) is 21.0 Å². The van der Waals surface area contributed by atoms with Gasteiger partial charge in [0, 0.05) is 23.6 Å². The van der Waals surface area contributed by atoms with Crippen LogP contribution in [0.15, 0.2) is 72.1 Å². The molecule has 0 bridgehead atoms. The molecule has 0 radical (unpaired) electrons. The fourth-order valence-electron chi connectivity index (χ4n) is 2.90. The molecule has 162 valence electrons. The summed E-state index contributed by atoms with van der Waals surface area (Å²) in [5.74, 6) is -0.0853. The van der Waals surface area contributed by atoms with Crippen LogP contribution in [-0.2, 0) is 4.79 Å². The number of hydrogen-bond acceptors (Lipinski definition) is 5. The number of amides is 1. The predicted octanol–water partition coefficient (Wildman–Crippen LogP) is 5.89. The van der Waals surface area contributed by atoms with Crippen LogP contribution in [0.5, 0.6) is 0 Å². The average Bonchev–Trinajstić information content (AvgIpc) is 3.21. The second kappa shape index (κ2) is 9.68. The Labute approximate surface area is 197 Å². The summed E-state index contributed by atoms with van der Waals surface area (Å²) >= 11 is 13.4. The van der Waals surface area contributed by atoms with Crippen molar-refractivity contribution in [3.8, 4) is 17.1 Å². The van der Waals surface area contributed by atoms with Crippen molar-refractivity contribution in [2.24, 2.45) is 0 Å². The van der Waals surface area contributed by atoms with E-state index in [2.05, 4.69) is 20.5 Å². The number of aromatic nitrogens is 4. The minimum Gasteiger partial charge on any atom is -0.324 e. The number of benzene rings is 2. The number of nitrogens with zero attached hydrogens (tertiary/aromatic N) is 4. The summed E-state index contributed by atoms with van der Waals surface area (Å²) in [6.07, 6.45) is 3.30. The molecule has 1 atom stereocenters.